The van der Waals surface area contributed by atoms with Crippen molar-refractivity contribution in [3.63, 3.8) is 0 Å². The van der Waals surface area contributed by atoms with E-state index in [-0.39, 0.29) is 18.6 Å². The van der Waals surface area contributed by atoms with Crippen LogP contribution < -0.4 is 5.32 Å². The second-order valence-corrected chi connectivity index (χ2v) is 9.00. The average Bonchev–Trinajstić information content (AvgIpc) is 3.39. The van der Waals surface area contributed by atoms with Crippen molar-refractivity contribution in [1.82, 2.24) is 14.5 Å². The van der Waals surface area contributed by atoms with Gasteiger partial charge in [0.1, 0.15) is 17.7 Å². The summed E-state index contributed by atoms with van der Waals surface area (Å²) in [6, 6.07) is 12.0. The fourth-order valence-corrected chi connectivity index (χ4v) is 5.01. The molecular weight excluding hydrogens is 438 g/mol. The van der Waals surface area contributed by atoms with Crippen molar-refractivity contribution in [3.8, 4) is 6.07 Å². The monoisotopic (exact) mass is 463 g/mol. The Labute approximate surface area is 196 Å². The minimum Gasteiger partial charge on any atom is -0.448 e. The third-order valence-corrected chi connectivity index (χ3v) is 6.63. The van der Waals surface area contributed by atoms with Crippen molar-refractivity contribution >= 4 is 28.3 Å². The molecule has 1 aliphatic rings. The SMILES string of the molecule is Cc1cn(CCOC(=O)N2CCc3c(sc(NC(=O)CCc4ccccc4)c3C#N)C2)cn1. The Morgan fingerprint density at radius 3 is 2.85 bits per heavy atom. The van der Waals surface area contributed by atoms with Crippen LogP contribution in [0.1, 0.15) is 33.7 Å². The number of thiophene rings is 1. The lowest BCUT2D eigenvalue weighted by atomic mass is 10.0. The lowest BCUT2D eigenvalue weighted by Gasteiger charge is -2.26. The van der Waals surface area contributed by atoms with E-state index in [4.69, 9.17) is 4.74 Å². The molecule has 3 aromatic rings. The molecule has 9 heteroatoms. The van der Waals surface area contributed by atoms with Crippen LogP contribution in [0.25, 0.3) is 0 Å². The van der Waals surface area contributed by atoms with E-state index in [0.717, 1.165) is 21.7 Å². The summed E-state index contributed by atoms with van der Waals surface area (Å²) in [6.45, 7) is 3.56. The van der Waals surface area contributed by atoms with Gasteiger partial charge >= 0.3 is 6.09 Å². The number of fused-ring (bicyclic) bond motifs is 1. The average molecular weight is 464 g/mol. The van der Waals surface area contributed by atoms with Gasteiger partial charge in [0.05, 0.1) is 30.7 Å². The summed E-state index contributed by atoms with van der Waals surface area (Å²) in [5, 5.41) is 13.1. The van der Waals surface area contributed by atoms with Crippen LogP contribution in [-0.4, -0.2) is 39.6 Å². The van der Waals surface area contributed by atoms with Crippen LogP contribution in [-0.2, 0) is 35.5 Å². The maximum atomic E-state index is 12.5. The summed E-state index contributed by atoms with van der Waals surface area (Å²) in [4.78, 5) is 31.7. The number of hydrogen-bond donors (Lipinski definition) is 1. The number of hydrogen-bond acceptors (Lipinski definition) is 6. The molecule has 4 rings (SSSR count). The first-order valence-corrected chi connectivity index (χ1v) is 11.6. The maximum absolute atomic E-state index is 12.5. The topological polar surface area (TPSA) is 100 Å². The van der Waals surface area contributed by atoms with Gasteiger partial charge in [0.15, 0.2) is 0 Å². The highest BCUT2D eigenvalue weighted by Gasteiger charge is 2.28. The molecule has 170 valence electrons. The van der Waals surface area contributed by atoms with Crippen LogP contribution in [0.5, 0.6) is 0 Å². The molecule has 0 atom stereocenters. The molecule has 1 aromatic carbocycles. The van der Waals surface area contributed by atoms with E-state index < -0.39 is 0 Å². The molecule has 0 spiro atoms. The number of imidazole rings is 1. The number of ether oxygens (including phenoxy) is 1. The normalized spacial score (nSPS) is 12.7. The summed E-state index contributed by atoms with van der Waals surface area (Å²) in [5.74, 6) is -0.125. The van der Waals surface area contributed by atoms with Crippen molar-refractivity contribution in [2.45, 2.75) is 39.3 Å². The van der Waals surface area contributed by atoms with Crippen LogP contribution in [0.4, 0.5) is 9.80 Å². The molecule has 0 unspecified atom stereocenters. The maximum Gasteiger partial charge on any atom is 0.410 e. The van der Waals surface area contributed by atoms with Crippen LogP contribution in [0.2, 0.25) is 0 Å². The van der Waals surface area contributed by atoms with E-state index >= 15 is 0 Å². The van der Waals surface area contributed by atoms with Gasteiger partial charge in [-0.15, -0.1) is 11.3 Å². The summed E-state index contributed by atoms with van der Waals surface area (Å²) >= 11 is 1.36. The van der Waals surface area contributed by atoms with Gasteiger partial charge in [-0.1, -0.05) is 30.3 Å². The van der Waals surface area contributed by atoms with E-state index in [9.17, 15) is 14.9 Å². The summed E-state index contributed by atoms with van der Waals surface area (Å²) in [6.07, 6.45) is 4.76. The lowest BCUT2D eigenvalue weighted by molar-refractivity contribution is -0.116. The van der Waals surface area contributed by atoms with Crippen LogP contribution in [0.3, 0.4) is 0 Å². The largest absolute Gasteiger partial charge is 0.448 e. The molecular formula is C24H25N5O3S. The van der Waals surface area contributed by atoms with Crippen molar-refractivity contribution < 1.29 is 14.3 Å². The zero-order valence-corrected chi connectivity index (χ0v) is 19.2. The zero-order valence-electron chi connectivity index (χ0n) is 18.4. The second-order valence-electron chi connectivity index (χ2n) is 7.89. The van der Waals surface area contributed by atoms with Crippen LogP contribution in [0.15, 0.2) is 42.9 Å². The molecule has 0 aliphatic carbocycles. The predicted octanol–water partition coefficient (Wildman–Crippen LogP) is 3.89. The van der Waals surface area contributed by atoms with Gasteiger partial charge in [-0.05, 0) is 30.9 Å². The molecule has 2 aromatic heterocycles. The van der Waals surface area contributed by atoms with Crippen molar-refractivity contribution in [3.05, 3.63) is 70.1 Å². The smallest absolute Gasteiger partial charge is 0.410 e. The number of aromatic nitrogens is 2. The molecule has 33 heavy (non-hydrogen) atoms. The van der Waals surface area contributed by atoms with Crippen molar-refractivity contribution in [2.75, 3.05) is 18.5 Å². The Balaban J connectivity index is 1.33. The number of carbonyl (C=O) groups excluding carboxylic acids is 2. The first-order valence-electron chi connectivity index (χ1n) is 10.8. The number of anilines is 1. The van der Waals surface area contributed by atoms with Crippen molar-refractivity contribution in [1.29, 1.82) is 5.26 Å². The fraction of sp³-hybridized carbons (Fsp3) is 0.333. The van der Waals surface area contributed by atoms with Gasteiger partial charge in [0, 0.05) is 24.0 Å². The molecule has 0 saturated carbocycles. The second kappa shape index (κ2) is 10.3. The fourth-order valence-electron chi connectivity index (χ4n) is 3.78. The molecule has 0 radical (unpaired) electrons. The summed E-state index contributed by atoms with van der Waals surface area (Å²) in [5.41, 5.74) is 3.43. The molecule has 2 amide bonds. The van der Waals surface area contributed by atoms with Crippen molar-refractivity contribution in [2.24, 2.45) is 0 Å². The Kier molecular flexibility index (Phi) is 7.05. The lowest BCUT2D eigenvalue weighted by Crippen LogP contribution is -2.36. The Hall–Kier alpha value is -3.64. The predicted molar refractivity (Wildman–Crippen MR) is 125 cm³/mol. The van der Waals surface area contributed by atoms with E-state index in [1.54, 1.807) is 11.2 Å². The number of nitrogens with zero attached hydrogens (tertiary/aromatic N) is 4. The van der Waals surface area contributed by atoms with Gasteiger partial charge in [-0.3, -0.25) is 4.79 Å². The highest BCUT2D eigenvalue weighted by atomic mass is 32.1. The molecule has 8 nitrogen and oxygen atoms in total. The number of nitrogens with one attached hydrogen (secondary N) is 1. The van der Waals surface area contributed by atoms with E-state index in [0.29, 0.717) is 49.5 Å². The van der Waals surface area contributed by atoms with Crippen LogP contribution in [0, 0.1) is 18.3 Å². The minimum atomic E-state index is -0.377. The minimum absolute atomic E-state index is 0.125. The Morgan fingerprint density at radius 1 is 1.30 bits per heavy atom. The first kappa shape index (κ1) is 22.6. The summed E-state index contributed by atoms with van der Waals surface area (Å²) in [7, 11) is 0. The quantitative estimate of drug-likeness (QED) is 0.573. The first-order chi connectivity index (χ1) is 16.0. The third kappa shape index (κ3) is 5.59. The van der Waals surface area contributed by atoms with Gasteiger partial charge in [-0.25, -0.2) is 9.78 Å². The number of carbonyl (C=O) groups is 2. The van der Waals surface area contributed by atoms with E-state index in [2.05, 4.69) is 16.4 Å². The Morgan fingerprint density at radius 2 is 2.12 bits per heavy atom. The standard InChI is InChI=1S/C24H25N5O3S/c1-17-14-28(16-26-17)11-12-32-24(31)29-10-9-19-20(13-25)23(33-21(19)15-29)27-22(30)8-7-18-5-3-2-4-6-18/h2-6,14,16H,7-12,15H2,1H3,(H,27,30). The third-order valence-electron chi connectivity index (χ3n) is 5.50. The van der Waals surface area contributed by atoms with Gasteiger partial charge in [-0.2, -0.15) is 5.26 Å². The summed E-state index contributed by atoms with van der Waals surface area (Å²) < 4.78 is 7.30. The molecule has 0 saturated heterocycles. The molecule has 1 aliphatic heterocycles. The number of rotatable bonds is 7. The number of nitriles is 1. The molecule has 1 N–H and O–H groups in total. The number of aryl methyl sites for hydroxylation is 2. The van der Waals surface area contributed by atoms with E-state index in [1.165, 1.54) is 11.3 Å². The molecule has 0 fully saturated rings. The van der Waals surface area contributed by atoms with E-state index in [1.807, 2.05) is 48.0 Å². The number of benzene rings is 1. The van der Waals surface area contributed by atoms with Gasteiger partial charge in [0.2, 0.25) is 5.91 Å². The highest BCUT2D eigenvalue weighted by molar-refractivity contribution is 7.16. The Bertz CT molecular complexity index is 1180. The number of amides is 2. The van der Waals surface area contributed by atoms with Gasteiger partial charge in [0.25, 0.3) is 0 Å². The molecule has 0 bridgehead atoms. The molecule has 3 heterocycles. The van der Waals surface area contributed by atoms with Crippen LogP contribution >= 0.6 is 11.3 Å². The zero-order chi connectivity index (χ0) is 23.2. The van der Waals surface area contributed by atoms with Gasteiger partial charge < -0.3 is 19.5 Å². The highest BCUT2D eigenvalue weighted by Crippen LogP contribution is 2.36.